The second kappa shape index (κ2) is 6.24. The molecule has 0 fully saturated rings. The average Bonchev–Trinajstić information content (AvgIpc) is 2.22. The summed E-state index contributed by atoms with van der Waals surface area (Å²) in [7, 11) is 0. The zero-order chi connectivity index (χ0) is 12.8. The van der Waals surface area contributed by atoms with Gasteiger partial charge in [0, 0.05) is 12.0 Å². The maximum absolute atomic E-state index is 11.7. The van der Waals surface area contributed by atoms with Gasteiger partial charge in [-0.15, -0.1) is 0 Å². The third-order valence-corrected chi connectivity index (χ3v) is 2.38. The van der Waals surface area contributed by atoms with Gasteiger partial charge >= 0.3 is 5.97 Å². The summed E-state index contributed by atoms with van der Waals surface area (Å²) in [5.74, 6) is 0.827. The van der Waals surface area contributed by atoms with Crippen LogP contribution in [0.25, 0.3) is 6.08 Å². The summed E-state index contributed by atoms with van der Waals surface area (Å²) in [6.07, 6.45) is 4.34. The lowest BCUT2D eigenvalue weighted by atomic mass is 10.1. The van der Waals surface area contributed by atoms with Crippen molar-refractivity contribution in [3.8, 4) is 5.75 Å². The van der Waals surface area contributed by atoms with E-state index in [9.17, 15) is 4.79 Å². The summed E-state index contributed by atoms with van der Waals surface area (Å²) in [6, 6.07) is 5.86. The summed E-state index contributed by atoms with van der Waals surface area (Å²) in [5, 5.41) is 0. The number of esters is 1. The molecule has 1 rings (SSSR count). The van der Waals surface area contributed by atoms with Gasteiger partial charge in [0.1, 0.15) is 5.75 Å². The molecule has 1 aromatic carbocycles. The Balaban J connectivity index is 2.92. The highest BCUT2D eigenvalue weighted by Crippen LogP contribution is 2.25. The second-order valence-corrected chi connectivity index (χ2v) is 4.57. The fourth-order valence-electron chi connectivity index (χ4n) is 1.61. The van der Waals surface area contributed by atoms with Gasteiger partial charge in [-0.25, -0.2) is 0 Å². The van der Waals surface area contributed by atoms with Crippen LogP contribution in [-0.4, -0.2) is 5.97 Å². The van der Waals surface area contributed by atoms with Crippen molar-refractivity contribution in [2.24, 2.45) is 5.92 Å². The van der Waals surface area contributed by atoms with Crippen LogP contribution in [0, 0.1) is 12.8 Å². The van der Waals surface area contributed by atoms with E-state index in [1.54, 1.807) is 0 Å². The minimum Gasteiger partial charge on any atom is -0.426 e. The number of allylic oxidation sites excluding steroid dienone is 1. The molecular weight excluding hydrogens is 212 g/mol. The molecule has 0 aromatic heterocycles. The van der Waals surface area contributed by atoms with Gasteiger partial charge in [0.15, 0.2) is 0 Å². The van der Waals surface area contributed by atoms with Crippen LogP contribution in [0.15, 0.2) is 24.3 Å². The first-order chi connectivity index (χ1) is 8.04. The van der Waals surface area contributed by atoms with Crippen molar-refractivity contribution in [3.05, 3.63) is 35.4 Å². The van der Waals surface area contributed by atoms with E-state index < -0.39 is 0 Å². The molecular formula is C15H20O2. The average molecular weight is 232 g/mol. The number of carbonyl (C=O) groups excluding carboxylic acids is 1. The number of carbonyl (C=O) groups is 1. The molecule has 1 aromatic rings. The maximum atomic E-state index is 11.7. The number of rotatable bonds is 4. The van der Waals surface area contributed by atoms with Gasteiger partial charge in [-0.3, -0.25) is 4.79 Å². The smallest absolute Gasteiger partial charge is 0.311 e. The Hall–Kier alpha value is -1.57. The Kier molecular flexibility index (Phi) is 4.95. The number of aryl methyl sites for hydroxylation is 1. The molecule has 0 aliphatic heterocycles. The molecule has 0 radical (unpaired) electrons. The first-order valence-electron chi connectivity index (χ1n) is 5.97. The molecule has 0 atom stereocenters. The topological polar surface area (TPSA) is 26.3 Å². The summed E-state index contributed by atoms with van der Waals surface area (Å²) in [6.45, 7) is 7.91. The van der Waals surface area contributed by atoms with Gasteiger partial charge in [0.05, 0.1) is 0 Å². The van der Waals surface area contributed by atoms with Crippen molar-refractivity contribution in [2.45, 2.75) is 34.1 Å². The quantitative estimate of drug-likeness (QED) is 0.579. The Morgan fingerprint density at radius 2 is 2.12 bits per heavy atom. The molecule has 0 saturated heterocycles. The van der Waals surface area contributed by atoms with E-state index in [1.165, 1.54) is 0 Å². The third kappa shape index (κ3) is 4.06. The molecule has 0 aliphatic carbocycles. The van der Waals surface area contributed by atoms with Gasteiger partial charge in [0.25, 0.3) is 0 Å². The highest BCUT2D eigenvalue weighted by Gasteiger charge is 2.11. The van der Waals surface area contributed by atoms with Crippen LogP contribution in [0.4, 0.5) is 0 Å². The maximum Gasteiger partial charge on any atom is 0.311 e. The van der Waals surface area contributed by atoms with Gasteiger partial charge in [-0.2, -0.15) is 0 Å². The lowest BCUT2D eigenvalue weighted by Gasteiger charge is -2.11. The largest absolute Gasteiger partial charge is 0.426 e. The molecule has 2 nitrogen and oxygen atoms in total. The van der Waals surface area contributed by atoms with Gasteiger partial charge in [-0.05, 0) is 25.3 Å². The van der Waals surface area contributed by atoms with E-state index in [4.69, 9.17) is 4.74 Å². The number of benzene rings is 1. The summed E-state index contributed by atoms with van der Waals surface area (Å²) < 4.78 is 5.45. The number of ether oxygens (including phenoxy) is 1. The molecule has 92 valence electrons. The normalized spacial score (nSPS) is 11.1. The van der Waals surface area contributed by atoms with Crippen molar-refractivity contribution in [1.82, 2.24) is 0 Å². The first-order valence-corrected chi connectivity index (χ1v) is 5.97. The van der Waals surface area contributed by atoms with E-state index in [1.807, 2.05) is 58.0 Å². The molecule has 0 amide bonds. The fraction of sp³-hybridized carbons (Fsp3) is 0.400. The zero-order valence-corrected chi connectivity index (χ0v) is 11.0. The lowest BCUT2D eigenvalue weighted by Crippen LogP contribution is -2.12. The van der Waals surface area contributed by atoms with E-state index >= 15 is 0 Å². The minimum absolute atomic E-state index is 0.167. The van der Waals surface area contributed by atoms with Crippen LogP contribution in [-0.2, 0) is 4.79 Å². The predicted octanol–water partition coefficient (Wildman–Crippen LogP) is 3.98. The van der Waals surface area contributed by atoms with Crippen LogP contribution in [0.2, 0.25) is 0 Å². The van der Waals surface area contributed by atoms with E-state index in [-0.39, 0.29) is 5.97 Å². The zero-order valence-electron chi connectivity index (χ0n) is 11.0. The number of hydrogen-bond donors (Lipinski definition) is 0. The molecule has 0 bridgehead atoms. The van der Waals surface area contributed by atoms with Crippen LogP contribution >= 0.6 is 0 Å². The molecule has 2 heteroatoms. The second-order valence-electron chi connectivity index (χ2n) is 4.57. The molecule has 0 heterocycles. The SMILES string of the molecule is C/C=C/c1cccc(C)c1OC(=O)CC(C)C. The van der Waals surface area contributed by atoms with Crippen molar-refractivity contribution in [1.29, 1.82) is 0 Å². The van der Waals surface area contributed by atoms with Crippen molar-refractivity contribution in [3.63, 3.8) is 0 Å². The molecule has 0 saturated carbocycles. The molecule has 0 N–H and O–H groups in total. The van der Waals surface area contributed by atoms with Gasteiger partial charge in [-0.1, -0.05) is 44.2 Å². The third-order valence-electron chi connectivity index (χ3n) is 2.38. The molecule has 0 spiro atoms. The van der Waals surface area contributed by atoms with Gasteiger partial charge in [0.2, 0.25) is 0 Å². The van der Waals surface area contributed by atoms with E-state index in [0.717, 1.165) is 11.1 Å². The molecule has 17 heavy (non-hydrogen) atoms. The van der Waals surface area contributed by atoms with Crippen LogP contribution < -0.4 is 4.74 Å². The first kappa shape index (κ1) is 13.5. The Bertz CT molecular complexity index is 417. The van der Waals surface area contributed by atoms with Crippen LogP contribution in [0.3, 0.4) is 0 Å². The molecule has 0 unspecified atom stereocenters. The number of para-hydroxylation sites is 1. The molecule has 0 aliphatic rings. The Morgan fingerprint density at radius 3 is 2.71 bits per heavy atom. The number of hydrogen-bond acceptors (Lipinski definition) is 2. The minimum atomic E-state index is -0.167. The van der Waals surface area contributed by atoms with E-state index in [0.29, 0.717) is 18.1 Å². The standard InChI is InChI=1S/C15H20O2/c1-5-7-13-9-6-8-12(4)15(13)17-14(16)10-11(2)3/h5-9,11H,10H2,1-4H3/b7-5+. The summed E-state index contributed by atoms with van der Waals surface area (Å²) in [4.78, 5) is 11.7. The summed E-state index contributed by atoms with van der Waals surface area (Å²) in [5.41, 5.74) is 1.93. The highest BCUT2D eigenvalue weighted by atomic mass is 16.5. The summed E-state index contributed by atoms with van der Waals surface area (Å²) >= 11 is 0. The van der Waals surface area contributed by atoms with Crippen LogP contribution in [0.1, 0.15) is 38.3 Å². The van der Waals surface area contributed by atoms with Crippen molar-refractivity contribution >= 4 is 12.0 Å². The lowest BCUT2D eigenvalue weighted by molar-refractivity contribution is -0.135. The Morgan fingerprint density at radius 1 is 1.41 bits per heavy atom. The monoisotopic (exact) mass is 232 g/mol. The fourth-order valence-corrected chi connectivity index (χ4v) is 1.61. The van der Waals surface area contributed by atoms with E-state index in [2.05, 4.69) is 0 Å². The predicted molar refractivity (Wildman–Crippen MR) is 71.0 cm³/mol. The highest BCUT2D eigenvalue weighted by molar-refractivity contribution is 5.75. The van der Waals surface area contributed by atoms with Gasteiger partial charge < -0.3 is 4.74 Å². The van der Waals surface area contributed by atoms with Crippen molar-refractivity contribution in [2.75, 3.05) is 0 Å². The van der Waals surface area contributed by atoms with Crippen molar-refractivity contribution < 1.29 is 9.53 Å². The Labute approximate surface area is 103 Å². The van der Waals surface area contributed by atoms with Crippen LogP contribution in [0.5, 0.6) is 5.75 Å².